The molecule has 0 radical (unpaired) electrons. The van der Waals surface area contributed by atoms with Crippen LogP contribution in [-0.4, -0.2) is 37.9 Å². The Morgan fingerprint density at radius 1 is 1.24 bits per heavy atom. The van der Waals surface area contributed by atoms with Crippen LogP contribution in [0.3, 0.4) is 0 Å². The SMILES string of the molecule is CN(CCOc1ccccc1)S(=O)(=O)c1cnccc1Cl. The molecule has 1 aromatic carbocycles. The van der Waals surface area contributed by atoms with Crippen LogP contribution >= 0.6 is 11.6 Å². The summed E-state index contributed by atoms with van der Waals surface area (Å²) in [5, 5.41) is 0.154. The summed E-state index contributed by atoms with van der Waals surface area (Å²) in [5.41, 5.74) is 0. The molecular formula is C14H15ClN2O3S. The van der Waals surface area contributed by atoms with Crippen molar-refractivity contribution in [3.8, 4) is 5.75 Å². The summed E-state index contributed by atoms with van der Waals surface area (Å²) in [4.78, 5) is 3.79. The number of para-hydroxylation sites is 1. The van der Waals surface area contributed by atoms with Crippen LogP contribution in [0.1, 0.15) is 0 Å². The van der Waals surface area contributed by atoms with Gasteiger partial charge in [-0.3, -0.25) is 4.98 Å². The van der Waals surface area contributed by atoms with Crippen molar-refractivity contribution in [2.24, 2.45) is 0 Å². The molecule has 1 aromatic heterocycles. The number of aromatic nitrogens is 1. The molecule has 5 nitrogen and oxygen atoms in total. The van der Waals surface area contributed by atoms with Crippen molar-refractivity contribution >= 4 is 21.6 Å². The molecule has 0 atom stereocenters. The van der Waals surface area contributed by atoms with Gasteiger partial charge in [0.1, 0.15) is 17.3 Å². The first kappa shape index (κ1) is 15.8. The van der Waals surface area contributed by atoms with Gasteiger partial charge in [-0.25, -0.2) is 8.42 Å². The normalized spacial score (nSPS) is 11.6. The Bertz CT molecular complexity index is 692. The molecule has 0 aliphatic heterocycles. The van der Waals surface area contributed by atoms with E-state index < -0.39 is 10.0 Å². The second kappa shape index (κ2) is 6.89. The zero-order valence-electron chi connectivity index (χ0n) is 11.4. The zero-order chi connectivity index (χ0) is 15.3. The lowest BCUT2D eigenvalue weighted by Crippen LogP contribution is -2.31. The molecule has 0 saturated heterocycles. The fourth-order valence-corrected chi connectivity index (χ4v) is 3.21. The van der Waals surface area contributed by atoms with Gasteiger partial charge in [0.05, 0.1) is 5.02 Å². The summed E-state index contributed by atoms with van der Waals surface area (Å²) in [6.45, 7) is 0.458. The van der Waals surface area contributed by atoms with Crippen molar-refractivity contribution in [2.75, 3.05) is 20.2 Å². The molecule has 0 unspecified atom stereocenters. The van der Waals surface area contributed by atoms with Gasteiger partial charge in [-0.15, -0.1) is 0 Å². The second-order valence-electron chi connectivity index (χ2n) is 4.29. The van der Waals surface area contributed by atoms with E-state index in [4.69, 9.17) is 16.3 Å². The summed E-state index contributed by atoms with van der Waals surface area (Å²) >= 11 is 5.91. The number of benzene rings is 1. The van der Waals surface area contributed by atoms with Crippen molar-refractivity contribution in [3.63, 3.8) is 0 Å². The molecule has 0 spiro atoms. The monoisotopic (exact) mass is 326 g/mol. The Labute approximate surface area is 129 Å². The number of hydrogen-bond donors (Lipinski definition) is 0. The van der Waals surface area contributed by atoms with Crippen molar-refractivity contribution in [2.45, 2.75) is 4.90 Å². The van der Waals surface area contributed by atoms with Gasteiger partial charge in [0.15, 0.2) is 0 Å². The van der Waals surface area contributed by atoms with E-state index in [9.17, 15) is 8.42 Å². The van der Waals surface area contributed by atoms with E-state index >= 15 is 0 Å². The van der Waals surface area contributed by atoms with Gasteiger partial charge in [0, 0.05) is 26.0 Å². The minimum atomic E-state index is -3.67. The maximum atomic E-state index is 12.3. The molecule has 21 heavy (non-hydrogen) atoms. The van der Waals surface area contributed by atoms with Crippen LogP contribution in [-0.2, 0) is 10.0 Å². The Kier molecular flexibility index (Phi) is 5.17. The van der Waals surface area contributed by atoms with Crippen LogP contribution in [0, 0.1) is 0 Å². The van der Waals surface area contributed by atoms with Crippen LogP contribution in [0.4, 0.5) is 0 Å². The highest BCUT2D eigenvalue weighted by Crippen LogP contribution is 2.22. The molecule has 0 aliphatic carbocycles. The van der Waals surface area contributed by atoms with Gasteiger partial charge in [0.2, 0.25) is 10.0 Å². The number of sulfonamides is 1. The highest BCUT2D eigenvalue weighted by Gasteiger charge is 2.23. The molecule has 0 aliphatic rings. The molecule has 0 N–H and O–H groups in total. The number of hydrogen-bond acceptors (Lipinski definition) is 4. The Morgan fingerprint density at radius 3 is 2.62 bits per heavy atom. The molecule has 112 valence electrons. The van der Waals surface area contributed by atoms with E-state index in [1.165, 1.54) is 29.8 Å². The predicted octanol–water partition coefficient (Wildman–Crippen LogP) is 2.43. The van der Waals surface area contributed by atoms with Crippen LogP contribution in [0.25, 0.3) is 0 Å². The molecule has 0 amide bonds. The van der Waals surface area contributed by atoms with Gasteiger partial charge in [-0.1, -0.05) is 29.8 Å². The topological polar surface area (TPSA) is 59.5 Å². The molecule has 2 aromatic rings. The third-order valence-corrected chi connectivity index (χ3v) is 5.17. The quantitative estimate of drug-likeness (QED) is 0.818. The van der Waals surface area contributed by atoms with E-state index in [-0.39, 0.29) is 23.1 Å². The average molecular weight is 327 g/mol. The van der Waals surface area contributed by atoms with Gasteiger partial charge in [-0.2, -0.15) is 4.31 Å². The number of pyridine rings is 1. The molecule has 0 bridgehead atoms. The lowest BCUT2D eigenvalue weighted by molar-refractivity contribution is 0.287. The standard InChI is InChI=1S/C14H15ClN2O3S/c1-17(9-10-20-12-5-3-2-4-6-12)21(18,19)14-11-16-8-7-13(14)15/h2-8,11H,9-10H2,1H3. The number of likely N-dealkylation sites (N-methyl/N-ethyl adjacent to an activating group) is 1. The van der Waals surface area contributed by atoms with Gasteiger partial charge in [0.25, 0.3) is 0 Å². The van der Waals surface area contributed by atoms with E-state index in [0.717, 1.165) is 0 Å². The summed E-state index contributed by atoms with van der Waals surface area (Å²) in [6.07, 6.45) is 2.69. The van der Waals surface area contributed by atoms with E-state index in [2.05, 4.69) is 4.98 Å². The van der Waals surface area contributed by atoms with Crippen LogP contribution < -0.4 is 4.74 Å². The van der Waals surface area contributed by atoms with Crippen molar-refractivity contribution in [1.82, 2.24) is 9.29 Å². The van der Waals surface area contributed by atoms with E-state index in [0.29, 0.717) is 5.75 Å². The summed E-state index contributed by atoms with van der Waals surface area (Å²) in [5.74, 6) is 0.697. The average Bonchev–Trinajstić information content (AvgIpc) is 2.48. The largest absolute Gasteiger partial charge is 0.492 e. The Morgan fingerprint density at radius 2 is 1.95 bits per heavy atom. The number of nitrogens with zero attached hydrogens (tertiary/aromatic N) is 2. The van der Waals surface area contributed by atoms with E-state index in [1.807, 2.05) is 30.3 Å². The number of rotatable bonds is 6. The predicted molar refractivity (Wildman–Crippen MR) is 81.0 cm³/mol. The van der Waals surface area contributed by atoms with Crippen molar-refractivity contribution < 1.29 is 13.2 Å². The van der Waals surface area contributed by atoms with Crippen LogP contribution in [0.15, 0.2) is 53.7 Å². The second-order valence-corrected chi connectivity index (χ2v) is 6.71. The fourth-order valence-electron chi connectivity index (χ4n) is 1.65. The van der Waals surface area contributed by atoms with Crippen LogP contribution in [0.5, 0.6) is 5.75 Å². The minimum absolute atomic E-state index is 0.00567. The third-order valence-electron chi connectivity index (χ3n) is 2.84. The number of ether oxygens (including phenoxy) is 1. The third kappa shape index (κ3) is 3.93. The van der Waals surface area contributed by atoms with Crippen molar-refractivity contribution in [1.29, 1.82) is 0 Å². The first-order valence-electron chi connectivity index (χ1n) is 6.25. The lowest BCUT2D eigenvalue weighted by atomic mass is 10.3. The lowest BCUT2D eigenvalue weighted by Gasteiger charge is -2.17. The van der Waals surface area contributed by atoms with Crippen LogP contribution in [0.2, 0.25) is 5.02 Å². The van der Waals surface area contributed by atoms with Gasteiger partial charge in [-0.05, 0) is 18.2 Å². The molecular weight excluding hydrogens is 312 g/mol. The summed E-state index contributed by atoms with van der Waals surface area (Å²) in [7, 11) is -2.19. The minimum Gasteiger partial charge on any atom is -0.492 e. The number of halogens is 1. The van der Waals surface area contributed by atoms with Gasteiger partial charge < -0.3 is 4.74 Å². The molecule has 7 heteroatoms. The Hall–Kier alpha value is -1.63. The molecule has 0 fully saturated rings. The molecule has 0 saturated carbocycles. The zero-order valence-corrected chi connectivity index (χ0v) is 13.0. The molecule has 1 heterocycles. The highest BCUT2D eigenvalue weighted by molar-refractivity contribution is 7.89. The van der Waals surface area contributed by atoms with E-state index in [1.54, 1.807) is 0 Å². The first-order chi connectivity index (χ1) is 10.0. The maximum absolute atomic E-state index is 12.3. The highest BCUT2D eigenvalue weighted by atomic mass is 35.5. The van der Waals surface area contributed by atoms with Crippen molar-refractivity contribution in [3.05, 3.63) is 53.8 Å². The Balaban J connectivity index is 2.00. The first-order valence-corrected chi connectivity index (χ1v) is 8.07. The smallest absolute Gasteiger partial charge is 0.245 e. The summed E-state index contributed by atoms with van der Waals surface area (Å²) in [6, 6.07) is 10.7. The molecule has 2 rings (SSSR count). The van der Waals surface area contributed by atoms with Gasteiger partial charge >= 0.3 is 0 Å². The summed E-state index contributed by atoms with van der Waals surface area (Å²) < 4.78 is 31.4. The fraction of sp³-hybridized carbons (Fsp3) is 0.214. The maximum Gasteiger partial charge on any atom is 0.245 e.